The Morgan fingerprint density at radius 2 is 1.55 bits per heavy atom. The van der Waals surface area contributed by atoms with Gasteiger partial charge in [0.2, 0.25) is 10.0 Å². The lowest BCUT2D eigenvalue weighted by Crippen LogP contribution is -2.56. The van der Waals surface area contributed by atoms with Gasteiger partial charge in [-0.15, -0.1) is 0 Å². The van der Waals surface area contributed by atoms with Crippen LogP contribution < -0.4 is 14.5 Å². The molecule has 3 aromatic rings. The van der Waals surface area contributed by atoms with Gasteiger partial charge in [-0.2, -0.15) is 13.2 Å². The van der Waals surface area contributed by atoms with Crippen LogP contribution in [-0.2, 0) is 26.6 Å². The minimum atomic E-state index is -4.48. The molecule has 14 heteroatoms. The lowest BCUT2D eigenvalue weighted by Gasteiger charge is -2.42. The van der Waals surface area contributed by atoms with E-state index in [0.29, 0.717) is 0 Å². The largest absolute Gasteiger partial charge is 0.457 e. The number of sulfonamides is 1. The zero-order chi connectivity index (χ0) is 30.7. The number of carbonyl (C=O) groups is 1. The molecule has 0 spiro atoms. The van der Waals surface area contributed by atoms with Crippen molar-refractivity contribution in [2.75, 3.05) is 30.2 Å². The summed E-state index contributed by atoms with van der Waals surface area (Å²) in [5, 5.41) is 20.7. The van der Waals surface area contributed by atoms with E-state index in [2.05, 4.69) is 15.9 Å². The number of benzene rings is 3. The second kappa shape index (κ2) is 12.6. The quantitative estimate of drug-likeness (QED) is 0.219. The summed E-state index contributed by atoms with van der Waals surface area (Å²) in [6.45, 7) is 0.172. The molecule has 1 fully saturated rings. The van der Waals surface area contributed by atoms with Gasteiger partial charge in [0.25, 0.3) is 5.91 Å². The van der Waals surface area contributed by atoms with E-state index in [0.717, 1.165) is 32.7 Å². The van der Waals surface area contributed by atoms with Crippen molar-refractivity contribution in [2.24, 2.45) is 0 Å². The molecular formula is C28H29BrF3N3O6S. The molecule has 0 aliphatic carbocycles. The van der Waals surface area contributed by atoms with E-state index in [1.165, 1.54) is 36.4 Å². The lowest BCUT2D eigenvalue weighted by atomic mass is 9.84. The Balaban J connectivity index is 1.49. The Kier molecular flexibility index (Phi) is 9.52. The lowest BCUT2D eigenvalue weighted by molar-refractivity contribution is -0.137. The third kappa shape index (κ3) is 7.61. The van der Waals surface area contributed by atoms with Crippen molar-refractivity contribution in [2.45, 2.75) is 30.7 Å². The molecule has 1 heterocycles. The average Bonchev–Trinajstić information content (AvgIpc) is 2.94. The summed E-state index contributed by atoms with van der Waals surface area (Å²) in [6, 6.07) is 16.1. The number of nitrogens with zero attached hydrogens (tertiary/aromatic N) is 2. The first-order chi connectivity index (χ1) is 19.7. The topological polar surface area (TPSA) is 119 Å². The van der Waals surface area contributed by atoms with Crippen molar-refractivity contribution in [3.63, 3.8) is 0 Å². The number of hydrogen-bond donors (Lipinski definition) is 3. The molecule has 42 heavy (non-hydrogen) atoms. The molecule has 0 aromatic heterocycles. The van der Waals surface area contributed by atoms with Crippen LogP contribution in [0.5, 0.6) is 11.5 Å². The molecule has 9 nitrogen and oxygen atoms in total. The van der Waals surface area contributed by atoms with Gasteiger partial charge in [0, 0.05) is 17.6 Å². The second-order valence-corrected chi connectivity index (χ2v) is 12.8. The van der Waals surface area contributed by atoms with Crippen LogP contribution in [-0.4, -0.2) is 61.5 Å². The van der Waals surface area contributed by atoms with Crippen LogP contribution in [0.4, 0.5) is 18.9 Å². The fourth-order valence-corrected chi connectivity index (χ4v) is 5.99. The average molecular weight is 673 g/mol. The number of hydrogen-bond acceptors (Lipinski definition) is 7. The number of piperidine rings is 1. The molecule has 0 saturated carbocycles. The molecule has 3 aromatic carbocycles. The summed E-state index contributed by atoms with van der Waals surface area (Å²) in [7, 11) is -3.91. The highest BCUT2D eigenvalue weighted by atomic mass is 79.9. The van der Waals surface area contributed by atoms with Crippen LogP contribution in [0.1, 0.15) is 24.0 Å². The smallest absolute Gasteiger partial charge is 0.416 e. The molecule has 0 radical (unpaired) electrons. The van der Waals surface area contributed by atoms with Gasteiger partial charge < -0.3 is 9.84 Å². The normalized spacial score (nSPS) is 16.5. The number of halogens is 4. The zero-order valence-electron chi connectivity index (χ0n) is 22.4. The fourth-order valence-electron chi connectivity index (χ4n) is 4.81. The number of carbonyl (C=O) groups excluding carboxylic acids is 1. The van der Waals surface area contributed by atoms with Crippen LogP contribution in [0.2, 0.25) is 0 Å². The van der Waals surface area contributed by atoms with E-state index < -0.39 is 39.3 Å². The van der Waals surface area contributed by atoms with Crippen molar-refractivity contribution in [1.82, 2.24) is 10.4 Å². The SMILES string of the molecule is CS(=O)(=O)N(CC(C(=O)NO)N1CCC(O)(c2ccc(Br)cc2)CC1)c1ccc(Oc2ccc(C(F)(F)F)cc2)cc1. The minimum Gasteiger partial charge on any atom is -0.457 e. The predicted molar refractivity (Wildman–Crippen MR) is 153 cm³/mol. The number of amides is 1. The van der Waals surface area contributed by atoms with Gasteiger partial charge in [0.1, 0.15) is 17.5 Å². The molecule has 4 rings (SSSR count). The number of aliphatic hydroxyl groups is 1. The molecule has 1 aliphatic heterocycles. The standard InChI is InChI=1S/C28H29BrF3N3O6S/c1-42(39,40)35(22-8-12-24(13-9-22)41-23-10-4-20(5-11-23)28(30,31)32)18-25(26(36)33-38)34-16-14-27(37,15-17-34)19-2-6-21(29)7-3-19/h2-13,25,37-38H,14-18H2,1H3,(H,33,36). The zero-order valence-corrected chi connectivity index (χ0v) is 24.8. The fraction of sp³-hybridized carbons (Fsp3) is 0.321. The Bertz CT molecular complexity index is 1480. The van der Waals surface area contributed by atoms with E-state index in [-0.39, 0.29) is 49.7 Å². The van der Waals surface area contributed by atoms with Crippen molar-refractivity contribution in [3.05, 3.63) is 88.4 Å². The number of rotatable bonds is 9. The summed E-state index contributed by atoms with van der Waals surface area (Å²) < 4.78 is 71.5. The molecule has 0 bridgehead atoms. The highest BCUT2D eigenvalue weighted by molar-refractivity contribution is 9.10. The number of hydroxylamine groups is 1. The predicted octanol–water partition coefficient (Wildman–Crippen LogP) is 4.88. The van der Waals surface area contributed by atoms with Crippen LogP contribution in [0.25, 0.3) is 0 Å². The van der Waals surface area contributed by atoms with Gasteiger partial charge in [-0.1, -0.05) is 28.1 Å². The molecule has 1 aliphatic rings. The third-order valence-corrected chi connectivity index (χ3v) is 8.83. The monoisotopic (exact) mass is 671 g/mol. The molecule has 226 valence electrons. The van der Waals surface area contributed by atoms with Gasteiger partial charge in [0.15, 0.2) is 0 Å². The van der Waals surface area contributed by atoms with E-state index in [9.17, 15) is 36.7 Å². The number of alkyl halides is 3. The Morgan fingerprint density at radius 3 is 2.02 bits per heavy atom. The molecular weight excluding hydrogens is 643 g/mol. The summed E-state index contributed by atoms with van der Waals surface area (Å²) in [6.07, 6.45) is -2.94. The van der Waals surface area contributed by atoms with E-state index in [1.807, 2.05) is 24.3 Å². The third-order valence-electron chi connectivity index (χ3n) is 7.14. The second-order valence-electron chi connectivity index (χ2n) is 9.98. The Morgan fingerprint density at radius 1 is 1.02 bits per heavy atom. The van der Waals surface area contributed by atoms with Crippen LogP contribution in [0, 0.1) is 0 Å². The number of likely N-dealkylation sites (tertiary alicyclic amines) is 1. The molecule has 1 amide bonds. The molecule has 1 saturated heterocycles. The summed E-state index contributed by atoms with van der Waals surface area (Å²) in [5.74, 6) is -0.400. The molecule has 1 unspecified atom stereocenters. The van der Waals surface area contributed by atoms with Gasteiger partial charge >= 0.3 is 6.18 Å². The van der Waals surface area contributed by atoms with Crippen LogP contribution in [0.15, 0.2) is 77.3 Å². The van der Waals surface area contributed by atoms with Crippen molar-refractivity contribution >= 4 is 37.5 Å². The van der Waals surface area contributed by atoms with E-state index in [4.69, 9.17) is 4.74 Å². The number of ether oxygens (including phenoxy) is 1. The van der Waals surface area contributed by atoms with Gasteiger partial charge in [-0.05, 0) is 79.1 Å². The van der Waals surface area contributed by atoms with E-state index >= 15 is 0 Å². The minimum absolute atomic E-state index is 0.156. The summed E-state index contributed by atoms with van der Waals surface area (Å²) >= 11 is 3.37. The van der Waals surface area contributed by atoms with Crippen LogP contribution >= 0.6 is 15.9 Å². The number of anilines is 1. The van der Waals surface area contributed by atoms with Crippen molar-refractivity contribution in [3.8, 4) is 11.5 Å². The first kappa shape index (κ1) is 31.8. The highest BCUT2D eigenvalue weighted by Crippen LogP contribution is 2.35. The number of nitrogens with one attached hydrogen (secondary N) is 1. The summed E-state index contributed by atoms with van der Waals surface area (Å²) in [5.41, 5.74) is 0.605. The van der Waals surface area contributed by atoms with Gasteiger partial charge in [-0.25, -0.2) is 13.9 Å². The van der Waals surface area contributed by atoms with Gasteiger partial charge in [0.05, 0.1) is 29.7 Å². The highest BCUT2D eigenvalue weighted by Gasteiger charge is 2.39. The first-order valence-corrected chi connectivity index (χ1v) is 15.4. The maximum absolute atomic E-state index is 12.8. The van der Waals surface area contributed by atoms with Crippen molar-refractivity contribution < 1.29 is 41.4 Å². The van der Waals surface area contributed by atoms with Crippen molar-refractivity contribution in [1.29, 1.82) is 0 Å². The Labute approximate surface area is 249 Å². The van der Waals surface area contributed by atoms with Crippen LogP contribution in [0.3, 0.4) is 0 Å². The van der Waals surface area contributed by atoms with Gasteiger partial charge in [-0.3, -0.25) is 19.2 Å². The van der Waals surface area contributed by atoms with E-state index in [1.54, 1.807) is 10.4 Å². The Hall–Kier alpha value is -3.17. The molecule has 1 atom stereocenters. The summed E-state index contributed by atoms with van der Waals surface area (Å²) in [4.78, 5) is 14.4. The maximum Gasteiger partial charge on any atom is 0.416 e. The maximum atomic E-state index is 12.8. The first-order valence-electron chi connectivity index (χ1n) is 12.8. The molecule has 3 N–H and O–H groups in total.